The van der Waals surface area contributed by atoms with E-state index in [1.54, 1.807) is 6.08 Å². The first-order chi connectivity index (χ1) is 14.3. The summed E-state index contributed by atoms with van der Waals surface area (Å²) in [6.45, 7) is 6.21. The van der Waals surface area contributed by atoms with Gasteiger partial charge in [-0.1, -0.05) is 75.4 Å². The first-order valence-corrected chi connectivity index (χ1v) is 9.81. The van der Waals surface area contributed by atoms with Crippen LogP contribution in [0, 0.1) is 0 Å². The predicted octanol–water partition coefficient (Wildman–Crippen LogP) is 4.38. The molecule has 3 aromatic rings. The van der Waals surface area contributed by atoms with Gasteiger partial charge in [0.1, 0.15) is 5.75 Å². The lowest BCUT2D eigenvalue weighted by Gasteiger charge is -2.19. The van der Waals surface area contributed by atoms with Crippen LogP contribution < -0.4 is 15.6 Å². The molecule has 2 N–H and O–H groups in total. The largest absolute Gasteiger partial charge is 0.484 e. The summed E-state index contributed by atoms with van der Waals surface area (Å²) in [5, 5.41) is 2.15. The second kappa shape index (κ2) is 9.27. The lowest BCUT2D eigenvalue weighted by atomic mass is 9.87. The molecule has 0 atom stereocenters. The lowest BCUT2D eigenvalue weighted by Crippen LogP contribution is -2.43. The predicted molar refractivity (Wildman–Crippen MR) is 120 cm³/mol. The quantitative estimate of drug-likeness (QED) is 0.492. The molecule has 0 radical (unpaired) electrons. The van der Waals surface area contributed by atoms with Crippen molar-refractivity contribution in [1.82, 2.24) is 10.9 Å². The van der Waals surface area contributed by atoms with Gasteiger partial charge in [-0.25, -0.2) is 0 Å². The number of amides is 2. The number of carbonyl (C=O) groups is 2. The molecule has 154 valence electrons. The third-order valence-electron chi connectivity index (χ3n) is 4.65. The standard InChI is InChI=1S/C25H26N2O3/c1-25(2,3)20-12-14-21(15-13-20)30-17-24(29)27-26-23(28)16-11-19-9-6-8-18-7-4-5-10-22(18)19/h4-16H,17H2,1-3H3,(H,26,28)(H,27,29)/b16-11+. The fraction of sp³-hybridized carbons (Fsp3) is 0.200. The summed E-state index contributed by atoms with van der Waals surface area (Å²) in [5.41, 5.74) is 6.88. The molecule has 0 bridgehead atoms. The molecule has 0 spiro atoms. The van der Waals surface area contributed by atoms with Gasteiger partial charge in [-0.15, -0.1) is 0 Å². The fourth-order valence-electron chi connectivity index (χ4n) is 2.97. The van der Waals surface area contributed by atoms with Crippen molar-refractivity contribution in [1.29, 1.82) is 0 Å². The van der Waals surface area contributed by atoms with Crippen molar-refractivity contribution < 1.29 is 14.3 Å². The zero-order valence-corrected chi connectivity index (χ0v) is 17.4. The Labute approximate surface area is 176 Å². The van der Waals surface area contributed by atoms with Crippen molar-refractivity contribution in [3.63, 3.8) is 0 Å². The molecule has 5 nitrogen and oxygen atoms in total. The van der Waals surface area contributed by atoms with E-state index in [1.165, 1.54) is 11.6 Å². The first-order valence-electron chi connectivity index (χ1n) is 9.81. The van der Waals surface area contributed by atoms with E-state index < -0.39 is 11.8 Å². The third kappa shape index (κ3) is 5.70. The number of benzene rings is 3. The number of hydrogen-bond acceptors (Lipinski definition) is 3. The van der Waals surface area contributed by atoms with Crippen LogP contribution in [0.1, 0.15) is 31.9 Å². The van der Waals surface area contributed by atoms with Crippen LogP contribution in [0.2, 0.25) is 0 Å². The maximum Gasteiger partial charge on any atom is 0.276 e. The molecule has 0 aliphatic rings. The van der Waals surface area contributed by atoms with Crippen LogP contribution in [-0.4, -0.2) is 18.4 Å². The van der Waals surface area contributed by atoms with Crippen molar-refractivity contribution in [3.8, 4) is 5.75 Å². The van der Waals surface area contributed by atoms with E-state index >= 15 is 0 Å². The molecule has 0 heterocycles. The summed E-state index contributed by atoms with van der Waals surface area (Å²) in [5.74, 6) is -0.270. The molecule has 5 heteroatoms. The molecular weight excluding hydrogens is 376 g/mol. The van der Waals surface area contributed by atoms with Gasteiger partial charge < -0.3 is 4.74 Å². The van der Waals surface area contributed by atoms with E-state index in [1.807, 2.05) is 66.7 Å². The Hall–Kier alpha value is -3.60. The maximum atomic E-state index is 12.0. The molecule has 30 heavy (non-hydrogen) atoms. The molecule has 0 saturated heterocycles. The third-order valence-corrected chi connectivity index (χ3v) is 4.65. The number of rotatable bonds is 5. The zero-order chi connectivity index (χ0) is 21.6. The Morgan fingerprint density at radius 3 is 2.33 bits per heavy atom. The summed E-state index contributed by atoms with van der Waals surface area (Å²) in [4.78, 5) is 23.9. The average molecular weight is 402 g/mol. The number of hydrogen-bond donors (Lipinski definition) is 2. The molecule has 0 aliphatic heterocycles. The number of carbonyl (C=O) groups excluding carboxylic acids is 2. The lowest BCUT2D eigenvalue weighted by molar-refractivity contribution is -0.128. The zero-order valence-electron chi connectivity index (χ0n) is 17.4. The van der Waals surface area contributed by atoms with Crippen molar-refractivity contribution in [2.75, 3.05) is 6.61 Å². The van der Waals surface area contributed by atoms with Crippen molar-refractivity contribution in [3.05, 3.63) is 83.9 Å². The van der Waals surface area contributed by atoms with Crippen LogP contribution in [0.15, 0.2) is 72.8 Å². The van der Waals surface area contributed by atoms with Gasteiger partial charge in [0.25, 0.3) is 11.8 Å². The van der Waals surface area contributed by atoms with Gasteiger partial charge >= 0.3 is 0 Å². The highest BCUT2D eigenvalue weighted by Crippen LogP contribution is 2.24. The van der Waals surface area contributed by atoms with Gasteiger partial charge in [-0.3, -0.25) is 20.4 Å². The molecule has 2 amide bonds. The molecular formula is C25H26N2O3. The van der Waals surface area contributed by atoms with Crippen LogP contribution in [0.25, 0.3) is 16.8 Å². The molecule has 0 aliphatic carbocycles. The fourth-order valence-corrected chi connectivity index (χ4v) is 2.97. The summed E-state index contributed by atoms with van der Waals surface area (Å²) in [7, 11) is 0. The summed E-state index contributed by atoms with van der Waals surface area (Å²) < 4.78 is 5.46. The molecule has 0 fully saturated rings. The van der Waals surface area contributed by atoms with Crippen LogP contribution in [0.4, 0.5) is 0 Å². The van der Waals surface area contributed by atoms with Crippen LogP contribution in [0.5, 0.6) is 5.75 Å². The average Bonchev–Trinajstić information content (AvgIpc) is 2.74. The minimum Gasteiger partial charge on any atom is -0.484 e. The van der Waals surface area contributed by atoms with Crippen molar-refractivity contribution in [2.24, 2.45) is 0 Å². The molecule has 3 aromatic carbocycles. The van der Waals surface area contributed by atoms with Crippen LogP contribution in [-0.2, 0) is 15.0 Å². The maximum absolute atomic E-state index is 12.0. The van der Waals surface area contributed by atoms with E-state index in [2.05, 4.69) is 31.6 Å². The topological polar surface area (TPSA) is 67.4 Å². The second-order valence-electron chi connectivity index (χ2n) is 8.00. The SMILES string of the molecule is CC(C)(C)c1ccc(OCC(=O)NNC(=O)/C=C/c2cccc3ccccc23)cc1. The summed E-state index contributed by atoms with van der Waals surface area (Å²) in [6.07, 6.45) is 3.10. The molecule has 0 saturated carbocycles. The van der Waals surface area contributed by atoms with Gasteiger partial charge in [0, 0.05) is 6.08 Å². The number of ether oxygens (including phenoxy) is 1. The summed E-state index contributed by atoms with van der Waals surface area (Å²) >= 11 is 0. The Morgan fingerprint density at radius 1 is 0.900 bits per heavy atom. The normalized spacial score (nSPS) is 11.4. The highest BCUT2D eigenvalue weighted by atomic mass is 16.5. The number of nitrogens with one attached hydrogen (secondary N) is 2. The molecule has 0 unspecified atom stereocenters. The monoisotopic (exact) mass is 402 g/mol. The minimum absolute atomic E-state index is 0.0553. The minimum atomic E-state index is -0.443. The highest BCUT2D eigenvalue weighted by molar-refractivity contribution is 5.97. The van der Waals surface area contributed by atoms with Crippen molar-refractivity contribution >= 4 is 28.7 Å². The van der Waals surface area contributed by atoms with E-state index in [-0.39, 0.29) is 12.0 Å². The Balaban J connectivity index is 1.47. The highest BCUT2D eigenvalue weighted by Gasteiger charge is 2.13. The van der Waals surface area contributed by atoms with E-state index in [9.17, 15) is 9.59 Å². The van der Waals surface area contributed by atoms with Gasteiger partial charge in [-0.2, -0.15) is 0 Å². The number of fused-ring (bicyclic) bond motifs is 1. The van der Waals surface area contributed by atoms with E-state index in [0.717, 1.165) is 16.3 Å². The van der Waals surface area contributed by atoms with E-state index in [0.29, 0.717) is 5.75 Å². The van der Waals surface area contributed by atoms with E-state index in [4.69, 9.17) is 4.74 Å². The van der Waals surface area contributed by atoms with Gasteiger partial charge in [0.15, 0.2) is 6.61 Å². The molecule has 0 aromatic heterocycles. The smallest absolute Gasteiger partial charge is 0.276 e. The second-order valence-corrected chi connectivity index (χ2v) is 8.00. The van der Waals surface area contributed by atoms with Crippen molar-refractivity contribution in [2.45, 2.75) is 26.2 Å². The Bertz CT molecular complexity index is 1060. The van der Waals surface area contributed by atoms with Crippen LogP contribution in [0.3, 0.4) is 0 Å². The Kier molecular flexibility index (Phi) is 6.52. The van der Waals surface area contributed by atoms with Crippen LogP contribution >= 0.6 is 0 Å². The number of hydrazine groups is 1. The Morgan fingerprint density at radius 2 is 1.60 bits per heavy atom. The van der Waals surface area contributed by atoms with Gasteiger partial charge in [0.2, 0.25) is 0 Å². The van der Waals surface area contributed by atoms with Gasteiger partial charge in [0.05, 0.1) is 0 Å². The first kappa shape index (κ1) is 21.1. The summed E-state index contributed by atoms with van der Waals surface area (Å²) in [6, 6.07) is 21.5. The molecule has 3 rings (SSSR count). The van der Waals surface area contributed by atoms with Gasteiger partial charge in [-0.05, 0) is 45.5 Å².